The second kappa shape index (κ2) is 14.9. The highest BCUT2D eigenvalue weighted by Gasteiger charge is 2.35. The normalized spacial score (nSPS) is 14.1. The highest BCUT2D eigenvalue weighted by Crippen LogP contribution is 2.26. The second-order valence-corrected chi connectivity index (χ2v) is 13.9. The summed E-state index contributed by atoms with van der Waals surface area (Å²) in [4.78, 5) is 29.9. The van der Waals surface area contributed by atoms with Gasteiger partial charge < -0.3 is 10.2 Å². The average molecular weight is 662 g/mol. The Morgan fingerprint density at radius 3 is 2.20 bits per heavy atom. The number of halogens is 2. The van der Waals surface area contributed by atoms with E-state index in [1.807, 2.05) is 43.3 Å². The average Bonchev–Trinajstić information content (AvgIpc) is 3.55. The molecule has 1 aliphatic carbocycles. The minimum atomic E-state index is -4.32. The van der Waals surface area contributed by atoms with Gasteiger partial charge in [0.25, 0.3) is 10.0 Å². The molecular weight excluding hydrogens is 625 g/mol. The summed E-state index contributed by atoms with van der Waals surface area (Å²) in [6, 6.07) is 26.8. The highest BCUT2D eigenvalue weighted by molar-refractivity contribution is 7.92. The SMILES string of the molecule is Cc1ccc(N(CC(=O)N(Cc2cccc(Cl)c2)[C@@H](Cc2ccccc2)C(=O)NC2CCCC2)S(=O)(=O)c2ccc(F)cc2)cc1. The first kappa shape index (κ1) is 33.2. The minimum Gasteiger partial charge on any atom is -0.352 e. The van der Waals surface area contributed by atoms with Crippen molar-refractivity contribution in [1.29, 1.82) is 0 Å². The lowest BCUT2D eigenvalue weighted by atomic mass is 10.0. The Balaban J connectivity index is 1.56. The number of carbonyl (C=O) groups excluding carboxylic acids is 2. The van der Waals surface area contributed by atoms with E-state index in [1.54, 1.807) is 42.5 Å². The summed E-state index contributed by atoms with van der Waals surface area (Å²) >= 11 is 6.31. The fourth-order valence-corrected chi connectivity index (χ4v) is 7.35. The zero-order chi connectivity index (χ0) is 32.7. The first-order valence-corrected chi connectivity index (χ1v) is 17.1. The zero-order valence-electron chi connectivity index (χ0n) is 25.6. The summed E-state index contributed by atoms with van der Waals surface area (Å²) in [5.41, 5.74) is 2.72. The molecule has 240 valence electrons. The molecule has 0 unspecified atom stereocenters. The standard InChI is InChI=1S/C36H37ClFN3O4S/c1-26-14-18-32(19-15-26)41(46(44,45)33-20-16-30(38)17-21-33)25-35(42)40(24-28-10-7-11-29(37)22-28)34(23-27-8-3-2-4-9-27)36(43)39-31-12-5-6-13-31/h2-4,7-11,14-22,31,34H,5-6,12-13,23-25H2,1H3,(H,39,43)/t34-/m0/s1. The Bertz CT molecular complexity index is 1750. The number of aryl methyl sites for hydroxylation is 1. The van der Waals surface area contributed by atoms with Gasteiger partial charge in [-0.2, -0.15) is 0 Å². The number of hydrogen-bond donors (Lipinski definition) is 1. The Hall–Kier alpha value is -4.21. The van der Waals surface area contributed by atoms with Crippen molar-refractivity contribution in [2.24, 2.45) is 0 Å². The molecule has 5 rings (SSSR count). The van der Waals surface area contributed by atoms with Crippen LogP contribution in [0.5, 0.6) is 0 Å². The lowest BCUT2D eigenvalue weighted by molar-refractivity contribution is -0.140. The Kier molecular flexibility index (Phi) is 10.8. The van der Waals surface area contributed by atoms with Gasteiger partial charge in [-0.25, -0.2) is 12.8 Å². The third kappa shape index (κ3) is 8.33. The van der Waals surface area contributed by atoms with Gasteiger partial charge in [-0.1, -0.05) is 84.6 Å². The molecule has 2 amide bonds. The molecule has 1 N–H and O–H groups in total. The largest absolute Gasteiger partial charge is 0.352 e. The summed E-state index contributed by atoms with van der Waals surface area (Å²) in [6.45, 7) is 1.30. The molecule has 4 aromatic rings. The monoisotopic (exact) mass is 661 g/mol. The maximum absolute atomic E-state index is 14.5. The van der Waals surface area contributed by atoms with E-state index in [4.69, 9.17) is 11.6 Å². The van der Waals surface area contributed by atoms with Crippen LogP contribution >= 0.6 is 11.6 Å². The maximum atomic E-state index is 14.5. The quantitative estimate of drug-likeness (QED) is 0.184. The van der Waals surface area contributed by atoms with E-state index in [2.05, 4.69) is 5.32 Å². The molecule has 0 radical (unpaired) electrons. The van der Waals surface area contributed by atoms with Gasteiger partial charge in [0.15, 0.2) is 0 Å². The van der Waals surface area contributed by atoms with Crippen LogP contribution in [0.15, 0.2) is 108 Å². The van der Waals surface area contributed by atoms with Gasteiger partial charge in [-0.05, 0) is 79.4 Å². The van der Waals surface area contributed by atoms with Gasteiger partial charge in [0.2, 0.25) is 11.8 Å². The Labute approximate surface area is 275 Å². The van der Waals surface area contributed by atoms with E-state index >= 15 is 0 Å². The van der Waals surface area contributed by atoms with E-state index in [0.717, 1.165) is 53.2 Å². The van der Waals surface area contributed by atoms with Gasteiger partial charge in [-0.3, -0.25) is 13.9 Å². The molecule has 46 heavy (non-hydrogen) atoms. The molecule has 4 aromatic carbocycles. The molecule has 1 fully saturated rings. The lowest BCUT2D eigenvalue weighted by Crippen LogP contribution is -2.54. The van der Waals surface area contributed by atoms with E-state index in [1.165, 1.54) is 17.0 Å². The molecule has 1 saturated carbocycles. The van der Waals surface area contributed by atoms with Crippen molar-refractivity contribution in [3.05, 3.63) is 131 Å². The number of nitrogens with one attached hydrogen (secondary N) is 1. The number of rotatable bonds is 12. The van der Waals surface area contributed by atoms with Gasteiger partial charge in [0.1, 0.15) is 18.4 Å². The number of amides is 2. The molecule has 1 aliphatic rings. The predicted octanol–water partition coefficient (Wildman–Crippen LogP) is 6.68. The third-order valence-corrected chi connectivity index (χ3v) is 10.2. The summed E-state index contributed by atoms with van der Waals surface area (Å²) in [7, 11) is -4.32. The molecular formula is C36H37ClFN3O4S. The minimum absolute atomic E-state index is 0.0109. The van der Waals surface area contributed by atoms with Gasteiger partial charge in [0, 0.05) is 24.0 Å². The first-order chi connectivity index (χ1) is 22.1. The van der Waals surface area contributed by atoms with E-state index in [0.29, 0.717) is 10.6 Å². The zero-order valence-corrected chi connectivity index (χ0v) is 27.2. The summed E-state index contributed by atoms with van der Waals surface area (Å²) in [5.74, 6) is -1.45. The number of nitrogens with zero attached hydrogens (tertiary/aromatic N) is 2. The second-order valence-electron chi connectivity index (χ2n) is 11.6. The van der Waals surface area contributed by atoms with E-state index < -0.39 is 34.3 Å². The van der Waals surface area contributed by atoms with Gasteiger partial charge >= 0.3 is 0 Å². The molecule has 0 saturated heterocycles. The fraction of sp³-hybridized carbons (Fsp3) is 0.278. The highest BCUT2D eigenvalue weighted by atomic mass is 35.5. The molecule has 0 aromatic heterocycles. The molecule has 1 atom stereocenters. The van der Waals surface area contributed by atoms with E-state index in [-0.39, 0.29) is 35.5 Å². The van der Waals surface area contributed by atoms with Crippen LogP contribution in [-0.2, 0) is 32.6 Å². The molecule has 0 aliphatic heterocycles. The van der Waals surface area contributed by atoms with Crippen molar-refractivity contribution >= 4 is 39.1 Å². The Morgan fingerprint density at radius 2 is 1.54 bits per heavy atom. The van der Waals surface area contributed by atoms with Crippen molar-refractivity contribution in [3.8, 4) is 0 Å². The first-order valence-electron chi connectivity index (χ1n) is 15.3. The van der Waals surface area contributed by atoms with Crippen molar-refractivity contribution in [2.75, 3.05) is 10.8 Å². The van der Waals surface area contributed by atoms with Crippen molar-refractivity contribution < 1.29 is 22.4 Å². The topological polar surface area (TPSA) is 86.8 Å². The summed E-state index contributed by atoms with van der Waals surface area (Å²) < 4.78 is 42.9. The molecule has 10 heteroatoms. The molecule has 0 heterocycles. The number of carbonyl (C=O) groups is 2. The van der Waals surface area contributed by atoms with E-state index in [9.17, 15) is 22.4 Å². The fourth-order valence-electron chi connectivity index (χ4n) is 5.73. The summed E-state index contributed by atoms with van der Waals surface area (Å²) in [6.07, 6.45) is 3.99. The number of hydrogen-bond acceptors (Lipinski definition) is 4. The van der Waals surface area contributed by atoms with Crippen LogP contribution in [-0.4, -0.2) is 43.8 Å². The summed E-state index contributed by atoms with van der Waals surface area (Å²) in [5, 5.41) is 3.63. The van der Waals surface area contributed by atoms with Crippen LogP contribution in [0.4, 0.5) is 10.1 Å². The van der Waals surface area contributed by atoms with Crippen LogP contribution in [0.1, 0.15) is 42.4 Å². The third-order valence-electron chi connectivity index (χ3n) is 8.22. The van der Waals surface area contributed by atoms with Crippen LogP contribution in [0.2, 0.25) is 5.02 Å². The maximum Gasteiger partial charge on any atom is 0.264 e. The lowest BCUT2D eigenvalue weighted by Gasteiger charge is -2.34. The van der Waals surface area contributed by atoms with Crippen molar-refractivity contribution in [2.45, 2.75) is 62.6 Å². The predicted molar refractivity (Wildman–Crippen MR) is 178 cm³/mol. The van der Waals surface area contributed by atoms with Crippen molar-refractivity contribution in [3.63, 3.8) is 0 Å². The molecule has 0 spiro atoms. The van der Waals surface area contributed by atoms with Crippen molar-refractivity contribution in [1.82, 2.24) is 10.2 Å². The Morgan fingerprint density at radius 1 is 0.891 bits per heavy atom. The van der Waals surface area contributed by atoms with Crippen LogP contribution in [0, 0.1) is 12.7 Å². The molecule has 7 nitrogen and oxygen atoms in total. The van der Waals surface area contributed by atoms with Gasteiger partial charge in [-0.15, -0.1) is 0 Å². The smallest absolute Gasteiger partial charge is 0.264 e. The number of anilines is 1. The van der Waals surface area contributed by atoms with Gasteiger partial charge in [0.05, 0.1) is 10.6 Å². The molecule has 0 bridgehead atoms. The van der Waals surface area contributed by atoms with Crippen LogP contribution in [0.3, 0.4) is 0 Å². The number of sulfonamides is 1. The van der Waals surface area contributed by atoms with Crippen LogP contribution in [0.25, 0.3) is 0 Å². The van der Waals surface area contributed by atoms with Crippen LogP contribution < -0.4 is 9.62 Å². The number of benzene rings is 4.